The molecule has 0 radical (unpaired) electrons. The first kappa shape index (κ1) is 28.1. The molecule has 0 aliphatic heterocycles. The Morgan fingerprint density at radius 1 is 0.545 bits per heavy atom. The first-order chi connectivity index (χ1) is 14.6. The van der Waals surface area contributed by atoms with Crippen molar-refractivity contribution in [1.29, 1.82) is 0 Å². The fraction of sp³-hybridized carbons (Fsp3) is 0.333. The summed E-state index contributed by atoms with van der Waals surface area (Å²) in [6.45, 7) is 13.7. The van der Waals surface area contributed by atoms with Gasteiger partial charge in [0.2, 0.25) is 0 Å². The Balaban J connectivity index is 0.00000193. The fourth-order valence-corrected chi connectivity index (χ4v) is 9.76. The van der Waals surface area contributed by atoms with Gasteiger partial charge in [0.25, 0.3) is 0 Å². The van der Waals surface area contributed by atoms with Crippen molar-refractivity contribution in [2.45, 2.75) is 65.2 Å². The van der Waals surface area contributed by atoms with Crippen molar-refractivity contribution in [2.24, 2.45) is 0 Å². The van der Waals surface area contributed by atoms with Crippen molar-refractivity contribution in [3.8, 4) is 0 Å². The van der Waals surface area contributed by atoms with Crippen LogP contribution < -0.4 is 0 Å². The quantitative estimate of drug-likeness (QED) is 0.291. The zero-order chi connectivity index (χ0) is 22.2. The number of rotatable bonds is 4. The molecule has 2 aromatic carbocycles. The molecule has 33 heavy (non-hydrogen) atoms. The van der Waals surface area contributed by atoms with E-state index in [1.54, 1.807) is 6.66 Å². The Labute approximate surface area is 224 Å². The van der Waals surface area contributed by atoms with Gasteiger partial charge in [-0.25, -0.2) is 0 Å². The molecule has 0 amide bonds. The molecule has 0 bridgehead atoms. The Hall–Kier alpha value is -1.15. The Morgan fingerprint density at radius 3 is 1.18 bits per heavy atom. The summed E-state index contributed by atoms with van der Waals surface area (Å²) >= 11 is -1.07. The molecular weight excluding hydrogens is 610 g/mol. The van der Waals surface area contributed by atoms with Gasteiger partial charge in [-0.1, -0.05) is 0 Å². The summed E-state index contributed by atoms with van der Waals surface area (Å²) in [4.78, 5) is 0. The fourth-order valence-electron chi connectivity index (χ4n) is 4.27. The molecular formula is C30H36Cl2Hf. The molecule has 2 aromatic rings. The minimum Gasteiger partial charge on any atom is -0.147 e. The largest absolute Gasteiger partial charge is 0.147 e. The van der Waals surface area contributed by atoms with E-state index < -0.39 is 22.9 Å². The molecule has 0 fully saturated rings. The molecule has 0 N–H and O–H groups in total. The molecule has 0 atom stereocenters. The monoisotopic (exact) mass is 646 g/mol. The molecule has 0 nitrogen and oxygen atoms in total. The molecule has 0 unspecified atom stereocenters. The zero-order valence-corrected chi connectivity index (χ0v) is 25.9. The van der Waals surface area contributed by atoms with Crippen LogP contribution in [0.2, 0.25) is 0 Å². The molecule has 174 valence electrons. The second kappa shape index (κ2) is 11.1. The third-order valence-electron chi connectivity index (χ3n) is 6.29. The second-order valence-corrected chi connectivity index (χ2v) is 16.0. The summed E-state index contributed by atoms with van der Waals surface area (Å²) in [5.74, 6) is 0. The molecule has 0 aromatic heterocycles. The third kappa shape index (κ3) is 6.50. The van der Waals surface area contributed by atoms with Crippen LogP contribution in [0.4, 0.5) is 0 Å². The topological polar surface area (TPSA) is 0 Å². The molecule has 0 saturated heterocycles. The first-order valence-electron chi connectivity index (χ1n) is 11.4. The maximum Gasteiger partial charge on any atom is -0.147 e. The van der Waals surface area contributed by atoms with Crippen LogP contribution in [-0.4, -0.2) is 0 Å². The molecule has 4 rings (SSSR count). The molecule has 2 aliphatic rings. The smallest absolute Gasteiger partial charge is 0.147 e. The van der Waals surface area contributed by atoms with E-state index in [-0.39, 0.29) is 35.6 Å². The van der Waals surface area contributed by atoms with Crippen molar-refractivity contribution in [2.75, 3.05) is 0 Å². The summed E-state index contributed by atoms with van der Waals surface area (Å²) in [5.41, 5.74) is 9.03. The average molecular weight is 646 g/mol. The van der Waals surface area contributed by atoms with Crippen molar-refractivity contribution in [1.82, 2.24) is 0 Å². The van der Waals surface area contributed by atoms with Gasteiger partial charge < -0.3 is 0 Å². The van der Waals surface area contributed by atoms with Crippen LogP contribution in [0.1, 0.15) is 76.6 Å². The number of benzene rings is 2. The zero-order valence-electron chi connectivity index (χ0n) is 20.7. The van der Waals surface area contributed by atoms with Crippen LogP contribution >= 0.6 is 24.8 Å². The molecule has 0 spiro atoms. The van der Waals surface area contributed by atoms with Crippen molar-refractivity contribution >= 4 is 36.0 Å². The van der Waals surface area contributed by atoms with E-state index in [2.05, 4.69) is 114 Å². The molecule has 3 heteroatoms. The van der Waals surface area contributed by atoms with E-state index in [9.17, 15) is 0 Å². The standard InChI is InChI=1S/2C15H17.2ClH.Hf/c2*1-15(2,3)14-10-8-13(9-11-14)12-6-4-5-7-12;;;/h2*4,6,8-11H,5H2,1-3H3;2*1H;. The molecule has 0 saturated carbocycles. The summed E-state index contributed by atoms with van der Waals surface area (Å²) in [6, 6.07) is 18.6. The maximum atomic E-state index is 2.37. The normalized spacial score (nSPS) is 15.6. The van der Waals surface area contributed by atoms with Crippen LogP contribution in [-0.2, 0) is 33.7 Å². The number of hydrogen-bond donors (Lipinski definition) is 0. The predicted octanol–water partition coefficient (Wildman–Crippen LogP) is 9.25. The van der Waals surface area contributed by atoms with Crippen molar-refractivity contribution in [3.63, 3.8) is 0 Å². The van der Waals surface area contributed by atoms with E-state index in [0.717, 1.165) is 12.8 Å². The van der Waals surface area contributed by atoms with Gasteiger partial charge >= 0.3 is 201 Å². The Morgan fingerprint density at radius 2 is 0.879 bits per heavy atom. The van der Waals surface area contributed by atoms with Gasteiger partial charge in [0.05, 0.1) is 0 Å². The van der Waals surface area contributed by atoms with Crippen LogP contribution in [0.25, 0.3) is 11.1 Å². The van der Waals surface area contributed by atoms with Crippen LogP contribution in [0.3, 0.4) is 0 Å². The van der Waals surface area contributed by atoms with Crippen LogP contribution in [0.5, 0.6) is 0 Å². The Kier molecular flexibility index (Phi) is 9.42. The minimum atomic E-state index is -1.07. The van der Waals surface area contributed by atoms with E-state index in [4.69, 9.17) is 0 Å². The van der Waals surface area contributed by atoms with Crippen LogP contribution in [0, 0.1) is 0 Å². The van der Waals surface area contributed by atoms with Crippen molar-refractivity contribution < 1.29 is 22.9 Å². The number of hydrogen-bond acceptors (Lipinski definition) is 0. The summed E-state index contributed by atoms with van der Waals surface area (Å²) in [6.07, 6.45) is 11.8. The van der Waals surface area contributed by atoms with Gasteiger partial charge in [0.15, 0.2) is 0 Å². The van der Waals surface area contributed by atoms with E-state index in [1.165, 1.54) is 33.4 Å². The SMILES string of the molecule is CC(C)(C)c1ccc(C2=[C]([Hf][C]3=C(c4ccc(C(C)(C)C)cc4)C=CC3)CC=C2)cc1.Cl.Cl. The van der Waals surface area contributed by atoms with Gasteiger partial charge in [-0.2, -0.15) is 0 Å². The van der Waals surface area contributed by atoms with E-state index in [0.29, 0.717) is 0 Å². The summed E-state index contributed by atoms with van der Waals surface area (Å²) in [5, 5.41) is 0. The minimum absolute atomic E-state index is 0. The van der Waals surface area contributed by atoms with Crippen molar-refractivity contribution in [3.05, 3.63) is 102 Å². The van der Waals surface area contributed by atoms with Crippen LogP contribution in [0.15, 0.2) is 79.5 Å². The van der Waals surface area contributed by atoms with Gasteiger partial charge in [-0.05, 0) is 0 Å². The summed E-state index contributed by atoms with van der Waals surface area (Å²) in [7, 11) is 0. The third-order valence-corrected chi connectivity index (χ3v) is 11.9. The number of allylic oxidation sites excluding steroid dienone is 8. The second-order valence-electron chi connectivity index (χ2n) is 10.8. The average Bonchev–Trinajstić information content (AvgIpc) is 3.37. The van der Waals surface area contributed by atoms with E-state index in [1.807, 2.05) is 0 Å². The Bertz CT molecular complexity index is 994. The predicted molar refractivity (Wildman–Crippen MR) is 146 cm³/mol. The van der Waals surface area contributed by atoms with Gasteiger partial charge in [0.1, 0.15) is 0 Å². The van der Waals surface area contributed by atoms with Gasteiger partial charge in [-0.3, -0.25) is 0 Å². The summed E-state index contributed by atoms with van der Waals surface area (Å²) < 4.78 is 3.48. The van der Waals surface area contributed by atoms with E-state index >= 15 is 0 Å². The first-order valence-corrected chi connectivity index (χ1v) is 15.0. The van der Waals surface area contributed by atoms with Gasteiger partial charge in [0, 0.05) is 0 Å². The molecule has 0 heterocycles. The number of halogens is 2. The maximum absolute atomic E-state index is 2.37. The molecule has 2 aliphatic carbocycles. The van der Waals surface area contributed by atoms with Gasteiger partial charge in [-0.15, -0.1) is 24.8 Å².